The van der Waals surface area contributed by atoms with Crippen molar-refractivity contribution in [2.75, 3.05) is 11.9 Å². The second-order valence-electron chi connectivity index (χ2n) is 5.83. The Bertz CT molecular complexity index is 607. The quantitative estimate of drug-likeness (QED) is 0.820. The molecule has 1 aromatic heterocycles. The summed E-state index contributed by atoms with van der Waals surface area (Å²) in [6.45, 7) is 3.05. The number of anilines is 1. The highest BCUT2D eigenvalue weighted by Crippen LogP contribution is 2.49. The molecule has 4 rings (SSSR count). The Morgan fingerprint density at radius 1 is 1.30 bits per heavy atom. The maximum Gasteiger partial charge on any atom is 0.0896 e. The summed E-state index contributed by atoms with van der Waals surface area (Å²) in [5, 5.41) is 5.92. The van der Waals surface area contributed by atoms with Gasteiger partial charge >= 0.3 is 0 Å². The molecule has 2 aromatic rings. The number of fused-ring (bicyclic) bond motifs is 3. The van der Waals surface area contributed by atoms with E-state index in [2.05, 4.69) is 48.0 Å². The molecule has 20 heavy (non-hydrogen) atoms. The first-order chi connectivity index (χ1) is 9.83. The van der Waals surface area contributed by atoms with Crippen molar-refractivity contribution in [2.24, 2.45) is 5.92 Å². The minimum absolute atomic E-state index is 0.256. The molecule has 0 saturated carbocycles. The SMILES string of the molecule is Cc1ccc2c(c1)[C@@H]1OCCC[C@@H]1[C@@H](c1cccs1)N2. The highest BCUT2D eigenvalue weighted by Gasteiger charge is 2.40. The van der Waals surface area contributed by atoms with E-state index in [0.29, 0.717) is 12.0 Å². The van der Waals surface area contributed by atoms with Gasteiger partial charge in [-0.2, -0.15) is 0 Å². The highest BCUT2D eigenvalue weighted by atomic mass is 32.1. The van der Waals surface area contributed by atoms with Crippen LogP contribution in [0.2, 0.25) is 0 Å². The Morgan fingerprint density at radius 2 is 2.25 bits per heavy atom. The Morgan fingerprint density at radius 3 is 3.10 bits per heavy atom. The average molecular weight is 285 g/mol. The smallest absolute Gasteiger partial charge is 0.0896 e. The van der Waals surface area contributed by atoms with Gasteiger partial charge < -0.3 is 10.1 Å². The third kappa shape index (κ3) is 1.97. The van der Waals surface area contributed by atoms with Crippen molar-refractivity contribution in [1.29, 1.82) is 0 Å². The number of rotatable bonds is 1. The van der Waals surface area contributed by atoms with Crippen LogP contribution in [-0.2, 0) is 4.74 Å². The van der Waals surface area contributed by atoms with Crippen molar-refractivity contribution in [3.63, 3.8) is 0 Å². The Kier molecular flexibility index (Phi) is 3.04. The molecule has 104 valence electrons. The lowest BCUT2D eigenvalue weighted by Gasteiger charge is -2.43. The molecule has 0 unspecified atom stereocenters. The predicted molar refractivity (Wildman–Crippen MR) is 83.3 cm³/mol. The summed E-state index contributed by atoms with van der Waals surface area (Å²) in [6.07, 6.45) is 2.67. The minimum atomic E-state index is 0.256. The van der Waals surface area contributed by atoms with Gasteiger partial charge in [0.15, 0.2) is 0 Å². The molecule has 0 radical (unpaired) electrons. The van der Waals surface area contributed by atoms with Crippen molar-refractivity contribution in [3.05, 3.63) is 51.7 Å². The summed E-state index contributed by atoms with van der Waals surface area (Å²) in [4.78, 5) is 1.43. The molecule has 0 amide bonds. The summed E-state index contributed by atoms with van der Waals surface area (Å²) in [5.41, 5.74) is 3.91. The zero-order valence-corrected chi connectivity index (χ0v) is 12.5. The van der Waals surface area contributed by atoms with Gasteiger partial charge in [-0.05, 0) is 37.3 Å². The van der Waals surface area contributed by atoms with E-state index < -0.39 is 0 Å². The lowest BCUT2D eigenvalue weighted by Crippen LogP contribution is -2.35. The van der Waals surface area contributed by atoms with Gasteiger partial charge in [0.25, 0.3) is 0 Å². The summed E-state index contributed by atoms with van der Waals surface area (Å²) in [6, 6.07) is 11.5. The zero-order chi connectivity index (χ0) is 13.5. The predicted octanol–water partition coefficient (Wildman–Crippen LogP) is 4.69. The minimum Gasteiger partial charge on any atom is -0.377 e. The van der Waals surface area contributed by atoms with Crippen molar-refractivity contribution < 1.29 is 4.74 Å². The molecule has 1 aromatic carbocycles. The van der Waals surface area contributed by atoms with Crippen LogP contribution >= 0.6 is 11.3 Å². The standard InChI is InChI=1S/C17H19NOS/c1-11-6-7-14-13(10-11)17-12(4-2-8-19-17)16(18-14)15-5-3-9-20-15/h3,5-7,9-10,12,16-18H,2,4,8H2,1H3/t12-,16+,17-/m1/s1. The molecule has 0 spiro atoms. The van der Waals surface area contributed by atoms with E-state index in [4.69, 9.17) is 4.74 Å². The van der Waals surface area contributed by atoms with Crippen molar-refractivity contribution in [3.8, 4) is 0 Å². The summed E-state index contributed by atoms with van der Waals surface area (Å²) in [7, 11) is 0. The molecule has 1 fully saturated rings. The first-order valence-electron chi connectivity index (χ1n) is 7.35. The number of nitrogens with one attached hydrogen (secondary N) is 1. The monoisotopic (exact) mass is 285 g/mol. The van der Waals surface area contributed by atoms with E-state index in [-0.39, 0.29) is 6.10 Å². The first-order valence-corrected chi connectivity index (χ1v) is 8.23. The van der Waals surface area contributed by atoms with Crippen LogP contribution in [-0.4, -0.2) is 6.61 Å². The normalized spacial score (nSPS) is 28.4. The van der Waals surface area contributed by atoms with Crippen LogP contribution in [0.5, 0.6) is 0 Å². The van der Waals surface area contributed by atoms with Crippen molar-refractivity contribution >= 4 is 17.0 Å². The number of benzene rings is 1. The third-order valence-electron chi connectivity index (χ3n) is 4.47. The van der Waals surface area contributed by atoms with E-state index in [1.54, 1.807) is 0 Å². The molecule has 3 heteroatoms. The summed E-state index contributed by atoms with van der Waals surface area (Å²) >= 11 is 1.84. The van der Waals surface area contributed by atoms with Crippen LogP contribution in [0.3, 0.4) is 0 Å². The van der Waals surface area contributed by atoms with Crippen LogP contribution in [0.4, 0.5) is 5.69 Å². The fraction of sp³-hybridized carbons (Fsp3) is 0.412. The van der Waals surface area contributed by atoms with Crippen LogP contribution in [0, 0.1) is 12.8 Å². The summed E-state index contributed by atoms with van der Waals surface area (Å²) in [5.74, 6) is 0.552. The van der Waals surface area contributed by atoms with Crippen LogP contribution in [0.1, 0.15) is 41.0 Å². The van der Waals surface area contributed by atoms with Crippen LogP contribution in [0.25, 0.3) is 0 Å². The van der Waals surface area contributed by atoms with Gasteiger partial charge in [-0.1, -0.05) is 23.8 Å². The van der Waals surface area contributed by atoms with Gasteiger partial charge in [0, 0.05) is 28.7 Å². The fourth-order valence-corrected chi connectivity index (χ4v) is 4.39. The van der Waals surface area contributed by atoms with Gasteiger partial charge in [-0.25, -0.2) is 0 Å². The largest absolute Gasteiger partial charge is 0.377 e. The molecular formula is C17H19NOS. The van der Waals surface area contributed by atoms with Crippen LogP contribution in [0.15, 0.2) is 35.7 Å². The summed E-state index contributed by atoms with van der Waals surface area (Å²) < 4.78 is 6.16. The molecule has 1 saturated heterocycles. The van der Waals surface area contributed by atoms with E-state index in [0.717, 1.165) is 6.61 Å². The molecule has 2 aliphatic heterocycles. The topological polar surface area (TPSA) is 21.3 Å². The van der Waals surface area contributed by atoms with Crippen LogP contribution < -0.4 is 5.32 Å². The maximum atomic E-state index is 6.16. The number of aryl methyl sites for hydroxylation is 1. The zero-order valence-electron chi connectivity index (χ0n) is 11.6. The molecule has 3 heterocycles. The fourth-order valence-electron chi connectivity index (χ4n) is 3.54. The average Bonchev–Trinajstić information content (AvgIpc) is 3.01. The Balaban J connectivity index is 1.79. The Hall–Kier alpha value is -1.32. The van der Waals surface area contributed by atoms with Gasteiger partial charge in [0.05, 0.1) is 12.1 Å². The second-order valence-corrected chi connectivity index (χ2v) is 6.80. The number of thiophene rings is 1. The number of hydrogen-bond donors (Lipinski definition) is 1. The first kappa shape index (κ1) is 12.4. The molecule has 0 aliphatic carbocycles. The van der Waals surface area contributed by atoms with E-state index in [1.807, 2.05) is 11.3 Å². The van der Waals surface area contributed by atoms with Gasteiger partial charge in [-0.3, -0.25) is 0 Å². The molecule has 3 atom stereocenters. The molecule has 0 bridgehead atoms. The van der Waals surface area contributed by atoms with E-state index in [1.165, 1.54) is 34.5 Å². The van der Waals surface area contributed by atoms with Gasteiger partial charge in [0.2, 0.25) is 0 Å². The van der Waals surface area contributed by atoms with Crippen molar-refractivity contribution in [1.82, 2.24) is 0 Å². The molecule has 2 aliphatic rings. The van der Waals surface area contributed by atoms with E-state index in [9.17, 15) is 0 Å². The maximum absolute atomic E-state index is 6.16. The third-order valence-corrected chi connectivity index (χ3v) is 5.43. The Labute approximate surface area is 123 Å². The number of hydrogen-bond acceptors (Lipinski definition) is 3. The molecule has 2 nitrogen and oxygen atoms in total. The highest BCUT2D eigenvalue weighted by molar-refractivity contribution is 7.10. The molecular weight excluding hydrogens is 266 g/mol. The van der Waals surface area contributed by atoms with Crippen molar-refractivity contribution in [2.45, 2.75) is 31.9 Å². The van der Waals surface area contributed by atoms with E-state index >= 15 is 0 Å². The number of ether oxygens (including phenoxy) is 1. The lowest BCUT2D eigenvalue weighted by molar-refractivity contribution is -0.0378. The second kappa shape index (κ2) is 4.90. The van der Waals surface area contributed by atoms with Gasteiger partial charge in [-0.15, -0.1) is 11.3 Å². The van der Waals surface area contributed by atoms with Gasteiger partial charge in [0.1, 0.15) is 0 Å². The molecule has 1 N–H and O–H groups in total. The lowest BCUT2D eigenvalue weighted by atomic mass is 9.79.